The molecule has 1 saturated heterocycles. The van der Waals surface area contributed by atoms with Gasteiger partial charge < -0.3 is 34.6 Å². The van der Waals surface area contributed by atoms with Gasteiger partial charge in [-0.3, -0.25) is 4.79 Å². The maximum atomic E-state index is 13.1. The molecule has 2 aromatic carbocycles. The van der Waals surface area contributed by atoms with E-state index in [2.05, 4.69) is 31.5 Å². The van der Waals surface area contributed by atoms with E-state index in [0.717, 1.165) is 10.0 Å². The van der Waals surface area contributed by atoms with Crippen LogP contribution in [-0.4, -0.2) is 73.5 Å². The maximum absolute atomic E-state index is 13.1. The Morgan fingerprint density at radius 1 is 1.17 bits per heavy atom. The smallest absolute Gasteiger partial charge is 0.410 e. The fourth-order valence-corrected chi connectivity index (χ4v) is 5.45. The first-order valence-electron chi connectivity index (χ1n) is 13.6. The normalized spacial score (nSPS) is 17.5. The third-order valence-electron chi connectivity index (χ3n) is 6.54. The molecule has 10 nitrogen and oxygen atoms in total. The molecule has 4 rings (SSSR count). The zero-order valence-corrected chi connectivity index (χ0v) is 25.8. The number of anilines is 2. The lowest BCUT2D eigenvalue weighted by Crippen LogP contribution is -2.56. The van der Waals surface area contributed by atoms with Gasteiger partial charge in [-0.1, -0.05) is 57.9 Å². The van der Waals surface area contributed by atoms with Crippen LogP contribution in [0.15, 0.2) is 46.9 Å². The number of alkyl carbamates (subject to hydrolysis) is 1. The van der Waals surface area contributed by atoms with Crippen LogP contribution in [0.1, 0.15) is 39.2 Å². The molecule has 2 heterocycles. The number of halogens is 2. The summed E-state index contributed by atoms with van der Waals surface area (Å²) in [4.78, 5) is 41.4. The molecular formula is C29H36BrClN4O6. The molecule has 2 aromatic rings. The van der Waals surface area contributed by atoms with Crippen molar-refractivity contribution in [3.8, 4) is 0 Å². The summed E-state index contributed by atoms with van der Waals surface area (Å²) in [6.07, 6.45) is 0.0239. The van der Waals surface area contributed by atoms with Crippen LogP contribution in [0.25, 0.3) is 0 Å². The van der Waals surface area contributed by atoms with Gasteiger partial charge in [-0.25, -0.2) is 9.59 Å². The lowest BCUT2D eigenvalue weighted by molar-refractivity contribution is -0.118. The summed E-state index contributed by atoms with van der Waals surface area (Å²) in [7, 11) is 0. The van der Waals surface area contributed by atoms with Crippen LogP contribution in [0, 0.1) is 0 Å². The summed E-state index contributed by atoms with van der Waals surface area (Å²) in [6, 6.07) is 12.1. The number of carbonyl (C=O) groups excluding carboxylic acids is 3. The van der Waals surface area contributed by atoms with E-state index in [4.69, 9.17) is 25.8 Å². The molecular weight excluding hydrogens is 616 g/mol. The highest BCUT2D eigenvalue weighted by molar-refractivity contribution is 9.10. The lowest BCUT2D eigenvalue weighted by Gasteiger charge is -2.39. The fraction of sp³-hybridized carbons (Fsp3) is 0.483. The molecule has 0 bridgehead atoms. The van der Waals surface area contributed by atoms with Gasteiger partial charge >= 0.3 is 12.2 Å². The number of rotatable bonds is 8. The molecule has 0 unspecified atom stereocenters. The lowest BCUT2D eigenvalue weighted by atomic mass is 10.1. The number of hydrogen-bond acceptors (Lipinski definition) is 7. The van der Waals surface area contributed by atoms with E-state index in [-0.39, 0.29) is 24.7 Å². The predicted molar refractivity (Wildman–Crippen MR) is 160 cm³/mol. The zero-order chi connectivity index (χ0) is 29.6. The van der Waals surface area contributed by atoms with Crippen LogP contribution in [0.4, 0.5) is 21.0 Å². The van der Waals surface area contributed by atoms with Crippen LogP contribution < -0.4 is 15.5 Å². The molecule has 0 aliphatic carbocycles. The SMILES string of the molecule is CC(C)(C)OC(=O)N1CC(OCCCN2CC[C@H](NC(=O)OCc3ccccc3)C(=O)Nc3cc(Br)cc(Cl)c32)C1. The Labute approximate surface area is 253 Å². The van der Waals surface area contributed by atoms with Gasteiger partial charge in [-0.05, 0) is 51.3 Å². The Morgan fingerprint density at radius 3 is 2.61 bits per heavy atom. The largest absolute Gasteiger partial charge is 0.445 e. The standard InChI is InChI=1S/C29H36BrClN4O6/c1-29(2,3)41-28(38)35-16-21(17-35)39-13-7-11-34-12-10-23(33-27(37)40-18-19-8-5-4-6-9-19)26(36)32-24-15-20(30)14-22(31)25(24)34/h4-6,8-9,14-15,21,23H,7,10-13,16-18H2,1-3H3,(H,32,36)(H,33,37)/t23-/m0/s1. The van der Waals surface area contributed by atoms with Crippen LogP contribution in [0.3, 0.4) is 0 Å². The monoisotopic (exact) mass is 650 g/mol. The number of fused-ring (bicyclic) bond motifs is 1. The molecule has 2 aliphatic rings. The molecule has 0 spiro atoms. The van der Waals surface area contributed by atoms with Gasteiger partial charge in [-0.15, -0.1) is 0 Å². The van der Waals surface area contributed by atoms with E-state index < -0.39 is 17.7 Å². The predicted octanol–water partition coefficient (Wildman–Crippen LogP) is 5.57. The number of ether oxygens (including phenoxy) is 3. The van der Waals surface area contributed by atoms with Crippen LogP contribution in [-0.2, 0) is 25.6 Å². The molecule has 12 heteroatoms. The minimum atomic E-state index is -0.795. The first-order valence-corrected chi connectivity index (χ1v) is 14.8. The molecule has 1 atom stereocenters. The number of nitrogens with one attached hydrogen (secondary N) is 2. The van der Waals surface area contributed by atoms with Crippen molar-refractivity contribution in [2.45, 2.75) is 58.0 Å². The third-order valence-corrected chi connectivity index (χ3v) is 7.28. The Hall–Kier alpha value is -3.02. The zero-order valence-electron chi connectivity index (χ0n) is 23.5. The quantitative estimate of drug-likeness (QED) is 0.359. The molecule has 222 valence electrons. The Kier molecular flexibility index (Phi) is 10.4. The average Bonchev–Trinajstić information content (AvgIpc) is 2.86. The topological polar surface area (TPSA) is 109 Å². The molecule has 3 amide bonds. The number of carbonyl (C=O) groups is 3. The molecule has 2 aliphatic heterocycles. The van der Waals surface area contributed by atoms with Crippen molar-refractivity contribution < 1.29 is 28.6 Å². The summed E-state index contributed by atoms with van der Waals surface area (Å²) in [5.41, 5.74) is 1.59. The highest BCUT2D eigenvalue weighted by Gasteiger charge is 2.34. The fourth-order valence-electron chi connectivity index (χ4n) is 4.52. The van der Waals surface area contributed by atoms with Crippen molar-refractivity contribution in [1.82, 2.24) is 10.2 Å². The summed E-state index contributed by atoms with van der Waals surface area (Å²) < 4.78 is 17.4. The number of benzene rings is 2. The van der Waals surface area contributed by atoms with Crippen molar-refractivity contribution in [1.29, 1.82) is 0 Å². The summed E-state index contributed by atoms with van der Waals surface area (Å²) in [5, 5.41) is 6.11. The highest BCUT2D eigenvalue weighted by Crippen LogP contribution is 2.38. The van der Waals surface area contributed by atoms with Gasteiger partial charge in [0.15, 0.2) is 0 Å². The number of likely N-dealkylation sites (tertiary alicyclic amines) is 1. The van der Waals surface area contributed by atoms with Gasteiger partial charge in [0.05, 0.1) is 35.6 Å². The molecule has 2 N–H and O–H groups in total. The minimum absolute atomic E-state index is 0.0311. The van der Waals surface area contributed by atoms with E-state index in [1.807, 2.05) is 51.1 Å². The number of nitrogens with zero attached hydrogens (tertiary/aromatic N) is 2. The van der Waals surface area contributed by atoms with E-state index in [1.54, 1.807) is 17.0 Å². The number of hydrogen-bond donors (Lipinski definition) is 2. The second-order valence-corrected chi connectivity index (χ2v) is 12.4. The first-order chi connectivity index (χ1) is 19.5. The Bertz CT molecular complexity index is 1240. The summed E-state index contributed by atoms with van der Waals surface area (Å²) in [5.74, 6) is -0.348. The van der Waals surface area contributed by atoms with Gasteiger partial charge in [-0.2, -0.15) is 0 Å². The second-order valence-electron chi connectivity index (χ2n) is 11.0. The molecule has 1 fully saturated rings. The van der Waals surface area contributed by atoms with Crippen molar-refractivity contribution >= 4 is 57.0 Å². The van der Waals surface area contributed by atoms with E-state index in [0.29, 0.717) is 62.0 Å². The van der Waals surface area contributed by atoms with E-state index >= 15 is 0 Å². The van der Waals surface area contributed by atoms with Crippen molar-refractivity contribution in [3.63, 3.8) is 0 Å². The highest BCUT2D eigenvalue weighted by atomic mass is 79.9. The van der Waals surface area contributed by atoms with Gasteiger partial charge in [0.25, 0.3) is 0 Å². The average molecular weight is 652 g/mol. The summed E-state index contributed by atoms with van der Waals surface area (Å²) >= 11 is 10.1. The maximum Gasteiger partial charge on any atom is 0.410 e. The van der Waals surface area contributed by atoms with E-state index in [9.17, 15) is 14.4 Å². The number of amides is 3. The van der Waals surface area contributed by atoms with Crippen molar-refractivity contribution in [2.75, 3.05) is 43.0 Å². The molecule has 0 aromatic heterocycles. The Morgan fingerprint density at radius 2 is 1.90 bits per heavy atom. The Balaban J connectivity index is 1.31. The van der Waals surface area contributed by atoms with Crippen molar-refractivity contribution in [3.05, 3.63) is 57.5 Å². The molecule has 0 saturated carbocycles. The van der Waals surface area contributed by atoms with Crippen LogP contribution in [0.2, 0.25) is 5.02 Å². The third kappa shape index (κ3) is 8.98. The van der Waals surface area contributed by atoms with Gasteiger partial charge in [0.2, 0.25) is 5.91 Å². The van der Waals surface area contributed by atoms with Crippen molar-refractivity contribution in [2.24, 2.45) is 0 Å². The molecule has 41 heavy (non-hydrogen) atoms. The van der Waals surface area contributed by atoms with Gasteiger partial charge in [0.1, 0.15) is 18.2 Å². The molecule has 0 radical (unpaired) electrons. The summed E-state index contributed by atoms with van der Waals surface area (Å²) in [6.45, 7) is 8.21. The van der Waals surface area contributed by atoms with Crippen LogP contribution in [0.5, 0.6) is 0 Å². The first kappa shape index (κ1) is 30.9. The second kappa shape index (κ2) is 13.8. The van der Waals surface area contributed by atoms with Crippen LogP contribution >= 0.6 is 27.5 Å². The minimum Gasteiger partial charge on any atom is -0.445 e. The van der Waals surface area contributed by atoms with Gasteiger partial charge in [0, 0.05) is 24.2 Å². The van der Waals surface area contributed by atoms with E-state index in [1.165, 1.54) is 0 Å².